The predicted octanol–water partition coefficient (Wildman–Crippen LogP) is 3.48. The topological polar surface area (TPSA) is 87.0 Å². The van der Waals surface area contributed by atoms with Crippen molar-refractivity contribution in [2.45, 2.75) is 13.0 Å². The smallest absolute Gasteiger partial charge is 0.342 e. The standard InChI is InChI=1S/C21H21NO6/c1-13(18-11-14-7-4-5-9-16(14)28-18)22-19(23)12-27-21(24)15-8-6-10-17(25-2)20(15)26-3/h4-11,13H,12H2,1-3H3,(H,22,23)/t13-/m0/s1. The third-order valence-corrected chi connectivity index (χ3v) is 4.21. The van der Waals surface area contributed by atoms with Crippen molar-refractivity contribution in [1.82, 2.24) is 5.32 Å². The molecule has 0 saturated carbocycles. The average molecular weight is 383 g/mol. The van der Waals surface area contributed by atoms with Gasteiger partial charge in [-0.2, -0.15) is 0 Å². The molecule has 146 valence electrons. The Hall–Kier alpha value is -3.48. The maximum atomic E-state index is 12.3. The summed E-state index contributed by atoms with van der Waals surface area (Å²) in [7, 11) is 2.90. The number of hydrogen-bond donors (Lipinski definition) is 1. The lowest BCUT2D eigenvalue weighted by Crippen LogP contribution is -2.31. The van der Waals surface area contributed by atoms with Crippen LogP contribution in [0.2, 0.25) is 0 Å². The third-order valence-electron chi connectivity index (χ3n) is 4.21. The minimum Gasteiger partial charge on any atom is -0.493 e. The van der Waals surface area contributed by atoms with Crippen LogP contribution in [0.1, 0.15) is 29.1 Å². The van der Waals surface area contributed by atoms with Crippen LogP contribution in [0, 0.1) is 0 Å². The first-order chi connectivity index (χ1) is 13.5. The molecule has 0 aliphatic rings. The van der Waals surface area contributed by atoms with Crippen LogP contribution in [-0.4, -0.2) is 32.7 Å². The van der Waals surface area contributed by atoms with Crippen molar-refractivity contribution in [1.29, 1.82) is 0 Å². The molecule has 0 aliphatic heterocycles. The molecular formula is C21H21NO6. The maximum Gasteiger partial charge on any atom is 0.342 e. The molecule has 3 aromatic rings. The molecule has 0 bridgehead atoms. The van der Waals surface area contributed by atoms with E-state index in [1.165, 1.54) is 14.2 Å². The molecule has 28 heavy (non-hydrogen) atoms. The molecule has 7 nitrogen and oxygen atoms in total. The quantitative estimate of drug-likeness (QED) is 0.629. The molecule has 0 saturated heterocycles. The lowest BCUT2D eigenvalue weighted by molar-refractivity contribution is -0.125. The fourth-order valence-electron chi connectivity index (χ4n) is 2.83. The van der Waals surface area contributed by atoms with Crippen molar-refractivity contribution >= 4 is 22.8 Å². The molecule has 3 rings (SSSR count). The van der Waals surface area contributed by atoms with E-state index in [-0.39, 0.29) is 17.4 Å². The Morgan fingerprint density at radius 1 is 1.07 bits per heavy atom. The Morgan fingerprint density at radius 2 is 1.86 bits per heavy atom. The zero-order valence-electron chi connectivity index (χ0n) is 15.9. The number of fused-ring (bicyclic) bond motifs is 1. The number of amides is 1. The summed E-state index contributed by atoms with van der Waals surface area (Å²) in [6.45, 7) is 1.37. The van der Waals surface area contributed by atoms with Gasteiger partial charge in [-0.05, 0) is 31.2 Å². The zero-order chi connectivity index (χ0) is 20.1. The van der Waals surface area contributed by atoms with E-state index in [1.807, 2.05) is 30.3 Å². The zero-order valence-corrected chi connectivity index (χ0v) is 15.9. The first kappa shape index (κ1) is 19.3. The van der Waals surface area contributed by atoms with E-state index >= 15 is 0 Å². The summed E-state index contributed by atoms with van der Waals surface area (Å²) in [5.74, 6) is 0.159. The third kappa shape index (κ3) is 4.09. The number of carbonyl (C=O) groups excluding carboxylic acids is 2. The van der Waals surface area contributed by atoms with Crippen LogP contribution < -0.4 is 14.8 Å². The highest BCUT2D eigenvalue weighted by molar-refractivity contribution is 5.95. The predicted molar refractivity (Wildman–Crippen MR) is 103 cm³/mol. The number of carbonyl (C=O) groups is 2. The van der Waals surface area contributed by atoms with Crippen LogP contribution in [0.5, 0.6) is 11.5 Å². The molecule has 1 amide bonds. The number of furan rings is 1. The van der Waals surface area contributed by atoms with Crippen LogP contribution in [-0.2, 0) is 9.53 Å². The van der Waals surface area contributed by atoms with Gasteiger partial charge in [0, 0.05) is 5.39 Å². The van der Waals surface area contributed by atoms with Gasteiger partial charge in [-0.1, -0.05) is 24.3 Å². The minimum absolute atomic E-state index is 0.181. The van der Waals surface area contributed by atoms with Crippen molar-refractivity contribution in [2.24, 2.45) is 0 Å². The van der Waals surface area contributed by atoms with Crippen LogP contribution in [0.25, 0.3) is 11.0 Å². The Labute approximate surface area is 162 Å². The van der Waals surface area contributed by atoms with Crippen molar-refractivity contribution in [3.8, 4) is 11.5 Å². The van der Waals surface area contributed by atoms with E-state index in [1.54, 1.807) is 25.1 Å². The molecule has 0 unspecified atom stereocenters. The fraction of sp³-hybridized carbons (Fsp3) is 0.238. The van der Waals surface area contributed by atoms with Gasteiger partial charge >= 0.3 is 5.97 Å². The maximum absolute atomic E-state index is 12.3. The molecule has 0 spiro atoms. The van der Waals surface area contributed by atoms with E-state index in [2.05, 4.69) is 5.32 Å². The number of benzene rings is 2. The second-order valence-electron chi connectivity index (χ2n) is 6.09. The Kier molecular flexibility index (Phi) is 5.84. The van der Waals surface area contributed by atoms with Gasteiger partial charge in [0.1, 0.15) is 16.9 Å². The van der Waals surface area contributed by atoms with E-state index in [0.29, 0.717) is 11.5 Å². The van der Waals surface area contributed by atoms with Crippen molar-refractivity contribution < 1.29 is 28.2 Å². The summed E-state index contributed by atoms with van der Waals surface area (Å²) >= 11 is 0. The molecule has 1 N–H and O–H groups in total. The Balaban J connectivity index is 1.60. The number of hydrogen-bond acceptors (Lipinski definition) is 6. The molecule has 1 aromatic heterocycles. The van der Waals surface area contributed by atoms with Gasteiger partial charge in [0.05, 0.1) is 20.3 Å². The van der Waals surface area contributed by atoms with Crippen LogP contribution >= 0.6 is 0 Å². The molecular weight excluding hydrogens is 362 g/mol. The normalized spacial score (nSPS) is 11.7. The molecule has 0 aliphatic carbocycles. The van der Waals surface area contributed by atoms with Crippen LogP contribution in [0.3, 0.4) is 0 Å². The second kappa shape index (κ2) is 8.47. The lowest BCUT2D eigenvalue weighted by Gasteiger charge is -2.13. The number of ether oxygens (including phenoxy) is 3. The summed E-state index contributed by atoms with van der Waals surface area (Å²) in [5.41, 5.74) is 0.926. The minimum atomic E-state index is -0.678. The summed E-state index contributed by atoms with van der Waals surface area (Å²) in [6.07, 6.45) is 0. The monoisotopic (exact) mass is 383 g/mol. The molecule has 7 heteroatoms. The van der Waals surface area contributed by atoms with Gasteiger partial charge in [-0.3, -0.25) is 4.79 Å². The number of rotatable bonds is 7. The number of esters is 1. The number of methoxy groups -OCH3 is 2. The van der Waals surface area contributed by atoms with E-state index in [4.69, 9.17) is 18.6 Å². The van der Waals surface area contributed by atoms with E-state index in [0.717, 1.165) is 11.0 Å². The van der Waals surface area contributed by atoms with Gasteiger partial charge in [0.25, 0.3) is 5.91 Å². The lowest BCUT2D eigenvalue weighted by atomic mass is 10.2. The average Bonchev–Trinajstić information content (AvgIpc) is 3.15. The highest BCUT2D eigenvalue weighted by Crippen LogP contribution is 2.31. The molecule has 0 radical (unpaired) electrons. The van der Waals surface area contributed by atoms with Crippen molar-refractivity contribution in [2.75, 3.05) is 20.8 Å². The second-order valence-corrected chi connectivity index (χ2v) is 6.09. The first-order valence-electron chi connectivity index (χ1n) is 8.69. The van der Waals surface area contributed by atoms with Crippen molar-refractivity contribution in [3.05, 3.63) is 59.9 Å². The molecule has 2 aromatic carbocycles. The fourth-order valence-corrected chi connectivity index (χ4v) is 2.83. The van der Waals surface area contributed by atoms with Gasteiger partial charge in [0.2, 0.25) is 0 Å². The van der Waals surface area contributed by atoms with Gasteiger partial charge in [-0.25, -0.2) is 4.79 Å². The largest absolute Gasteiger partial charge is 0.493 e. The summed E-state index contributed by atoms with van der Waals surface area (Å²) < 4.78 is 21.2. The van der Waals surface area contributed by atoms with Gasteiger partial charge in [-0.15, -0.1) is 0 Å². The summed E-state index contributed by atoms with van der Waals surface area (Å²) in [5, 5.41) is 3.70. The Bertz CT molecular complexity index is 960. The highest BCUT2D eigenvalue weighted by Gasteiger charge is 2.20. The van der Waals surface area contributed by atoms with Gasteiger partial charge in [0.15, 0.2) is 18.1 Å². The number of nitrogens with one attached hydrogen (secondary N) is 1. The van der Waals surface area contributed by atoms with Crippen LogP contribution in [0.15, 0.2) is 52.9 Å². The van der Waals surface area contributed by atoms with Gasteiger partial charge < -0.3 is 23.9 Å². The molecule has 1 heterocycles. The molecule has 0 fully saturated rings. The SMILES string of the molecule is COc1cccc(C(=O)OCC(=O)N[C@@H](C)c2cc3ccccc3o2)c1OC. The first-order valence-corrected chi connectivity index (χ1v) is 8.69. The van der Waals surface area contributed by atoms with E-state index in [9.17, 15) is 9.59 Å². The summed E-state index contributed by atoms with van der Waals surface area (Å²) in [4.78, 5) is 24.5. The Morgan fingerprint density at radius 3 is 2.57 bits per heavy atom. The van der Waals surface area contributed by atoms with Crippen LogP contribution in [0.4, 0.5) is 0 Å². The summed E-state index contributed by atoms with van der Waals surface area (Å²) in [6, 6.07) is 13.9. The van der Waals surface area contributed by atoms with E-state index < -0.39 is 18.5 Å². The molecule has 1 atom stereocenters. The highest BCUT2D eigenvalue weighted by atomic mass is 16.5. The number of para-hydroxylation sites is 2. The van der Waals surface area contributed by atoms with Crippen molar-refractivity contribution in [3.63, 3.8) is 0 Å².